The van der Waals surface area contributed by atoms with Crippen LogP contribution in [0.5, 0.6) is 0 Å². The Hall–Kier alpha value is -0.690. The lowest BCUT2D eigenvalue weighted by atomic mass is 9.40. The number of ether oxygens (including phenoxy) is 1. The highest BCUT2D eigenvalue weighted by Gasteiger charge is 2.92. The summed E-state index contributed by atoms with van der Waals surface area (Å²) in [5, 5.41) is 84.1. The molecular weight excluding hydrogens is 542 g/mol. The minimum Gasteiger partial charge on any atom is -0.393 e. The number of ketones is 1. The number of hydrogen-bond acceptors (Lipinski definition) is 10. The number of carbonyl (C=O) groups excluding carboxylic acids is 1. The van der Waals surface area contributed by atoms with Crippen molar-refractivity contribution in [1.82, 2.24) is 4.90 Å². The molecule has 0 aromatic carbocycles. The van der Waals surface area contributed by atoms with Crippen LogP contribution in [0.25, 0.3) is 0 Å². The Bertz CT molecular complexity index is 1170. The minimum atomic E-state index is -2.27. The molecule has 10 heteroatoms. The number of carbonyl (C=O) groups is 1. The van der Waals surface area contributed by atoms with E-state index in [1.807, 2.05) is 13.8 Å². The molecule has 7 rings (SSSR count). The maximum Gasteiger partial charge on any atom is 0.206 e. The number of hydrogen-bond donors (Lipinski definition) is 7. The summed E-state index contributed by atoms with van der Waals surface area (Å²) >= 11 is 0. The van der Waals surface area contributed by atoms with Crippen molar-refractivity contribution in [3.63, 3.8) is 0 Å². The highest BCUT2D eigenvalue weighted by molar-refractivity contribution is 5.90. The Kier molecular flexibility index (Phi) is 6.26. The average molecular weight is 594 g/mol. The predicted octanol–water partition coefficient (Wildman–Crippen LogP) is 0.171. The van der Waals surface area contributed by atoms with Crippen molar-refractivity contribution in [2.45, 2.75) is 133 Å². The van der Waals surface area contributed by atoms with E-state index in [9.17, 15) is 40.5 Å². The first-order valence-corrected chi connectivity index (χ1v) is 16.4. The zero-order valence-corrected chi connectivity index (χ0v) is 25.6. The third-order valence-corrected chi connectivity index (χ3v) is 14.6. The molecule has 1 spiro atoms. The van der Waals surface area contributed by atoms with Crippen LogP contribution in [0.2, 0.25) is 0 Å². The smallest absolute Gasteiger partial charge is 0.206 e. The van der Waals surface area contributed by atoms with Gasteiger partial charge < -0.3 is 40.5 Å². The Morgan fingerprint density at radius 2 is 1.71 bits per heavy atom. The molecule has 0 aromatic heterocycles. The van der Waals surface area contributed by atoms with E-state index in [4.69, 9.17) is 4.74 Å². The van der Waals surface area contributed by atoms with Crippen LogP contribution in [-0.4, -0.2) is 113 Å². The van der Waals surface area contributed by atoms with Crippen LogP contribution in [0.15, 0.2) is 0 Å². The van der Waals surface area contributed by atoms with Gasteiger partial charge in [-0.1, -0.05) is 27.7 Å². The quantitative estimate of drug-likeness (QED) is 0.239. The van der Waals surface area contributed by atoms with Crippen LogP contribution in [0.4, 0.5) is 0 Å². The van der Waals surface area contributed by atoms with Gasteiger partial charge in [0.1, 0.15) is 23.6 Å². The second kappa shape index (κ2) is 8.76. The molecule has 4 bridgehead atoms. The minimum absolute atomic E-state index is 0.126. The summed E-state index contributed by atoms with van der Waals surface area (Å²) in [5.41, 5.74) is -7.47. The topological polar surface area (TPSA) is 171 Å². The normalized spacial score (nSPS) is 62.5. The van der Waals surface area contributed by atoms with Crippen LogP contribution in [0, 0.1) is 46.3 Å². The van der Waals surface area contributed by atoms with E-state index in [1.54, 1.807) is 13.8 Å². The van der Waals surface area contributed by atoms with Crippen LogP contribution in [0.3, 0.4) is 0 Å². The zero-order chi connectivity index (χ0) is 30.6. The van der Waals surface area contributed by atoms with E-state index in [0.29, 0.717) is 25.3 Å². The second-order valence-electron chi connectivity index (χ2n) is 16.1. The molecule has 238 valence electrons. The highest BCUT2D eigenvalue weighted by atomic mass is 16.7. The summed E-state index contributed by atoms with van der Waals surface area (Å²) in [7, 11) is 0. The van der Waals surface area contributed by atoms with Crippen LogP contribution in [-0.2, 0) is 9.53 Å². The van der Waals surface area contributed by atoms with Gasteiger partial charge in [0.25, 0.3) is 0 Å². The van der Waals surface area contributed by atoms with E-state index in [0.717, 1.165) is 19.4 Å². The maximum atomic E-state index is 14.4. The summed E-state index contributed by atoms with van der Waals surface area (Å²) in [5.74, 6) is -5.54. The molecule has 3 saturated heterocycles. The predicted molar refractivity (Wildman–Crippen MR) is 150 cm³/mol. The van der Waals surface area contributed by atoms with Gasteiger partial charge in [0.05, 0.1) is 28.8 Å². The van der Waals surface area contributed by atoms with Crippen molar-refractivity contribution in [1.29, 1.82) is 0 Å². The van der Waals surface area contributed by atoms with Crippen molar-refractivity contribution in [2.24, 2.45) is 46.3 Å². The fourth-order valence-electron chi connectivity index (χ4n) is 12.6. The van der Waals surface area contributed by atoms with Gasteiger partial charge in [0.15, 0.2) is 0 Å². The number of aliphatic hydroxyl groups is 7. The fraction of sp³-hybridized carbons (Fsp3) is 0.969. The van der Waals surface area contributed by atoms with Crippen LogP contribution < -0.4 is 0 Å². The first-order chi connectivity index (χ1) is 19.5. The van der Waals surface area contributed by atoms with Crippen molar-refractivity contribution >= 4 is 5.78 Å². The number of piperidine rings is 2. The van der Waals surface area contributed by atoms with Gasteiger partial charge in [-0.3, -0.25) is 9.69 Å². The van der Waals surface area contributed by atoms with Gasteiger partial charge in [0.2, 0.25) is 5.79 Å². The average Bonchev–Trinajstić information content (AvgIpc) is 3.21. The number of nitrogens with zero attached hydrogens (tertiary/aromatic N) is 1. The van der Waals surface area contributed by atoms with Gasteiger partial charge in [-0.25, -0.2) is 0 Å². The summed E-state index contributed by atoms with van der Waals surface area (Å²) in [6.07, 6.45) is -3.18. The Morgan fingerprint density at radius 1 is 1.02 bits per heavy atom. The molecule has 0 amide bonds. The Morgan fingerprint density at radius 3 is 2.38 bits per heavy atom. The Balaban J connectivity index is 1.41. The molecule has 0 radical (unpaired) electrons. The van der Waals surface area contributed by atoms with Crippen LogP contribution in [0.1, 0.15) is 79.6 Å². The van der Waals surface area contributed by atoms with E-state index < -0.39 is 87.4 Å². The van der Waals surface area contributed by atoms with Crippen molar-refractivity contribution < 1.29 is 45.3 Å². The first-order valence-electron chi connectivity index (χ1n) is 16.4. The lowest BCUT2D eigenvalue weighted by Gasteiger charge is -2.64. The molecule has 3 aliphatic heterocycles. The molecule has 10 nitrogen and oxygen atoms in total. The van der Waals surface area contributed by atoms with E-state index in [-0.39, 0.29) is 31.1 Å². The van der Waals surface area contributed by atoms with Gasteiger partial charge in [-0.2, -0.15) is 0 Å². The van der Waals surface area contributed by atoms with Crippen LogP contribution >= 0.6 is 0 Å². The van der Waals surface area contributed by atoms with Crippen molar-refractivity contribution in [2.75, 3.05) is 13.1 Å². The third-order valence-electron chi connectivity index (χ3n) is 14.6. The second-order valence-corrected chi connectivity index (χ2v) is 16.1. The third kappa shape index (κ3) is 2.97. The molecule has 42 heavy (non-hydrogen) atoms. The fourth-order valence-corrected chi connectivity index (χ4v) is 12.6. The molecule has 4 saturated carbocycles. The van der Waals surface area contributed by atoms with Gasteiger partial charge >= 0.3 is 0 Å². The number of Topliss-reactive ketones (excluding diaryl/α,β-unsaturated/α-hetero) is 1. The van der Waals surface area contributed by atoms with Crippen molar-refractivity contribution in [3.8, 4) is 0 Å². The van der Waals surface area contributed by atoms with Gasteiger partial charge in [-0.15, -0.1) is 0 Å². The monoisotopic (exact) mass is 593 g/mol. The maximum absolute atomic E-state index is 14.4. The molecule has 3 heterocycles. The summed E-state index contributed by atoms with van der Waals surface area (Å²) < 4.78 is 6.71. The summed E-state index contributed by atoms with van der Waals surface area (Å²) in [4.78, 5) is 16.6. The molecule has 7 N–H and O–H groups in total. The standard InChI is InChI=1S/C32H51NO9/c1-6-16(3)25(37)29-12-19(34)24-30(27(29,4)10-9-21(35)32(29,41)42-30)11-18-17-14-33-13-15(2)7-8-20(33)28(5,39)22(17)23(36)26(38)31(18,24)40/h15-24,26,34-36,38-41H,6-14H2,1-5H3/t15?,16?,17?,18?,19-,20?,21?,22?,23?,24?,26+,27?,28-,29?,30?,31+,32?/m1/s1. The zero-order valence-electron chi connectivity index (χ0n) is 25.6. The summed E-state index contributed by atoms with van der Waals surface area (Å²) in [6.45, 7) is 10.8. The van der Waals surface area contributed by atoms with E-state index in [2.05, 4.69) is 11.8 Å². The molecule has 0 aromatic rings. The largest absolute Gasteiger partial charge is 0.393 e. The first kappa shape index (κ1) is 30.0. The number of fused-ring (bicyclic) bond motifs is 5. The van der Waals surface area contributed by atoms with Crippen molar-refractivity contribution in [3.05, 3.63) is 0 Å². The molecule has 17 atom stereocenters. The molecule has 13 unspecified atom stereocenters. The number of rotatable bonds is 3. The molecule has 7 aliphatic rings. The lowest BCUT2D eigenvalue weighted by molar-refractivity contribution is -0.301. The molecule has 4 aliphatic carbocycles. The number of aliphatic hydroxyl groups excluding tert-OH is 4. The highest BCUT2D eigenvalue weighted by Crippen LogP contribution is 2.81. The Labute approximate surface area is 248 Å². The lowest BCUT2D eigenvalue weighted by Crippen LogP contribution is -2.77. The van der Waals surface area contributed by atoms with E-state index >= 15 is 0 Å². The van der Waals surface area contributed by atoms with E-state index in [1.165, 1.54) is 0 Å². The summed E-state index contributed by atoms with van der Waals surface area (Å²) in [6, 6.07) is -0.188. The molecule has 7 fully saturated rings. The molecular formula is C32H51NO9. The SMILES string of the molecule is CCC(C)C(=O)C12C[C@@H](O)C3C4(CC5C6CN7CC(C)CCC7[C@@](C)(O)C6C(O)[C@H](O)[C@]53O)OC1(O)C(O)CCC42C. The van der Waals surface area contributed by atoms with Gasteiger partial charge in [-0.05, 0) is 69.6 Å². The van der Waals surface area contributed by atoms with Gasteiger partial charge in [0, 0.05) is 42.3 Å².